The van der Waals surface area contributed by atoms with Gasteiger partial charge in [0.25, 0.3) is 0 Å². The maximum absolute atomic E-state index is 13.8. The monoisotopic (exact) mass is 1230 g/mol. The highest BCUT2D eigenvalue weighted by Crippen LogP contribution is 2.35. The number of hydrogen-bond acceptors (Lipinski definition) is 19. The molecule has 0 aliphatic carbocycles. The first kappa shape index (κ1) is 64.5. The lowest BCUT2D eigenvalue weighted by Crippen LogP contribution is -2.60. The number of benzene rings is 2. The van der Waals surface area contributed by atoms with Crippen molar-refractivity contribution in [1.29, 1.82) is 0 Å². The molecule has 2 aromatic carbocycles. The van der Waals surface area contributed by atoms with Gasteiger partial charge in [-0.1, -0.05) is 42.6 Å². The first-order valence-corrected chi connectivity index (χ1v) is 29.5. The molecule has 7 rings (SSSR count). The molecular weight excluding hydrogens is 1170 g/mol. The van der Waals surface area contributed by atoms with Crippen LogP contribution in [-0.4, -0.2) is 145 Å². The molecule has 2 atom stereocenters. The second-order valence-corrected chi connectivity index (χ2v) is 26.6. The van der Waals surface area contributed by atoms with E-state index >= 15 is 0 Å². The smallest absolute Gasteiger partial charge is 0.480 e. The van der Waals surface area contributed by atoms with E-state index in [0.717, 1.165) is 85.5 Å². The molecule has 0 saturated carbocycles. The molecule has 3 aromatic heterocycles. The standard InChI is InChI=1S/C30H36F3N5O6S2.C21H24F3N3O7S2/c1-18(2)23-12-7-20(15-34-23)16-35-26(39)24-17-37(28-36-19(3)25(45-28)27(40)44-29(4,5)6)13-14-38(24)46(41,42)22-10-8-21(9-11-22)43-30(31,32)33;1-12-16(18(30)34-20(2,3)4)35-19(25-12)26-9-10-27(15(11-26)17(28)29)36(31,32)14-7-5-13(6-8-14)33-21(22,23)24/h7-12,15,18,24H,13-14,16-17H2,1-6H3,(H,35,39);5-8,15H,9-11H2,1-4H3,(H,28,29)/t24-;15-/m11/s1. The fourth-order valence-electron chi connectivity index (χ4n) is 8.02. The Morgan fingerprint density at radius 2 is 1.05 bits per heavy atom. The lowest BCUT2D eigenvalue weighted by molar-refractivity contribution is -0.275. The first-order valence-electron chi connectivity index (χ1n) is 24.9. The number of carbonyl (C=O) groups excluding carboxylic acids is 3. The third-order valence-electron chi connectivity index (χ3n) is 11.8. The van der Waals surface area contributed by atoms with Crippen LogP contribution >= 0.6 is 22.7 Å². The number of thiazole rings is 2. The summed E-state index contributed by atoms with van der Waals surface area (Å²) in [5, 5.41) is 13.3. The van der Waals surface area contributed by atoms with Crippen molar-refractivity contribution in [2.45, 2.75) is 128 Å². The fourth-order valence-corrected chi connectivity index (χ4v) is 13.1. The number of nitrogens with zero attached hydrogens (tertiary/aromatic N) is 7. The molecule has 5 heterocycles. The van der Waals surface area contributed by atoms with Crippen LogP contribution in [0, 0.1) is 13.8 Å². The molecule has 82 heavy (non-hydrogen) atoms. The van der Waals surface area contributed by atoms with Crippen molar-refractivity contribution in [3.63, 3.8) is 0 Å². The van der Waals surface area contributed by atoms with Gasteiger partial charge in [0, 0.05) is 57.7 Å². The zero-order valence-corrected chi connectivity index (χ0v) is 49.2. The molecule has 1 amide bonds. The number of carbonyl (C=O) groups is 4. The van der Waals surface area contributed by atoms with Crippen molar-refractivity contribution in [1.82, 2.24) is 28.9 Å². The second kappa shape index (κ2) is 25.0. The molecule has 31 heteroatoms. The normalized spacial score (nSPS) is 16.9. The van der Waals surface area contributed by atoms with E-state index in [0.29, 0.717) is 32.1 Å². The number of amides is 1. The molecule has 0 bridgehead atoms. The van der Waals surface area contributed by atoms with Crippen LogP contribution in [0.5, 0.6) is 11.5 Å². The molecule has 448 valence electrons. The van der Waals surface area contributed by atoms with E-state index < -0.39 is 91.4 Å². The van der Waals surface area contributed by atoms with E-state index in [2.05, 4.69) is 29.7 Å². The molecule has 0 radical (unpaired) electrons. The summed E-state index contributed by atoms with van der Waals surface area (Å²) >= 11 is 2.09. The number of piperazine rings is 2. The molecule has 0 spiro atoms. The molecule has 2 fully saturated rings. The predicted molar refractivity (Wildman–Crippen MR) is 288 cm³/mol. The number of halogens is 6. The largest absolute Gasteiger partial charge is 0.573 e. The van der Waals surface area contributed by atoms with Crippen molar-refractivity contribution >= 4 is 76.8 Å². The van der Waals surface area contributed by atoms with E-state index in [9.17, 15) is 67.5 Å². The Hall–Kier alpha value is -6.67. The van der Waals surface area contributed by atoms with Gasteiger partial charge in [0.15, 0.2) is 10.3 Å². The van der Waals surface area contributed by atoms with Gasteiger partial charge in [-0.25, -0.2) is 36.4 Å². The molecule has 21 nitrogen and oxygen atoms in total. The third kappa shape index (κ3) is 17.0. The lowest BCUT2D eigenvalue weighted by Gasteiger charge is -2.39. The van der Waals surface area contributed by atoms with E-state index in [1.54, 1.807) is 71.4 Å². The molecule has 2 aliphatic heterocycles. The summed E-state index contributed by atoms with van der Waals surface area (Å²) in [5.41, 5.74) is 0.970. The number of aromatic nitrogens is 3. The highest BCUT2D eigenvalue weighted by molar-refractivity contribution is 7.89. The Labute approximate surface area is 477 Å². The van der Waals surface area contributed by atoms with E-state index in [-0.39, 0.29) is 66.4 Å². The minimum Gasteiger partial charge on any atom is -0.480 e. The van der Waals surface area contributed by atoms with Gasteiger partial charge in [-0.3, -0.25) is 14.6 Å². The molecule has 0 unspecified atom stereocenters. The summed E-state index contributed by atoms with van der Waals surface area (Å²) in [7, 11) is -8.71. The summed E-state index contributed by atoms with van der Waals surface area (Å²) in [6, 6.07) is 8.21. The Morgan fingerprint density at radius 1 is 0.646 bits per heavy atom. The van der Waals surface area contributed by atoms with Crippen LogP contribution in [0.25, 0.3) is 0 Å². The highest BCUT2D eigenvalue weighted by atomic mass is 32.2. The third-order valence-corrected chi connectivity index (χ3v) is 18.0. The average Bonchev–Trinajstić information content (AvgIpc) is 4.00. The van der Waals surface area contributed by atoms with Crippen LogP contribution in [0.1, 0.15) is 103 Å². The number of sulfonamides is 2. The number of aryl methyl sites for hydroxylation is 2. The molecule has 2 saturated heterocycles. The Balaban J connectivity index is 0.000000272. The number of esters is 2. The van der Waals surface area contributed by atoms with E-state index in [1.807, 2.05) is 26.0 Å². The first-order chi connectivity index (χ1) is 37.8. The van der Waals surface area contributed by atoms with Crippen molar-refractivity contribution in [2.24, 2.45) is 0 Å². The zero-order valence-electron chi connectivity index (χ0n) is 45.9. The number of nitrogens with one attached hydrogen (secondary N) is 1. The van der Waals surface area contributed by atoms with Crippen LogP contribution < -0.4 is 24.6 Å². The van der Waals surface area contributed by atoms with Gasteiger partial charge < -0.3 is 39.2 Å². The number of pyridine rings is 1. The number of carboxylic acid groups (broad SMARTS) is 1. The van der Waals surface area contributed by atoms with Gasteiger partial charge in [0.05, 0.1) is 21.2 Å². The van der Waals surface area contributed by atoms with Crippen molar-refractivity contribution in [2.75, 3.05) is 49.1 Å². The molecule has 2 aliphatic rings. The Bertz CT molecular complexity index is 3330. The second-order valence-electron chi connectivity index (χ2n) is 20.8. The van der Waals surface area contributed by atoms with Crippen LogP contribution in [0.4, 0.5) is 36.6 Å². The minimum atomic E-state index is -4.94. The number of hydrogen-bond donors (Lipinski definition) is 2. The number of rotatable bonds is 15. The number of ether oxygens (including phenoxy) is 4. The summed E-state index contributed by atoms with van der Waals surface area (Å²) < 4.78 is 149. The maximum Gasteiger partial charge on any atom is 0.573 e. The summed E-state index contributed by atoms with van der Waals surface area (Å²) in [6.45, 7) is 17.2. The molecule has 5 aromatic rings. The molecule has 2 N–H and O–H groups in total. The average molecular weight is 1240 g/mol. The zero-order chi connectivity index (χ0) is 61.1. The van der Waals surface area contributed by atoms with Gasteiger partial charge in [-0.05, 0) is 121 Å². The van der Waals surface area contributed by atoms with Crippen molar-refractivity contribution in [3.8, 4) is 11.5 Å². The van der Waals surface area contributed by atoms with E-state index in [4.69, 9.17) is 9.47 Å². The summed E-state index contributed by atoms with van der Waals surface area (Å²) in [4.78, 5) is 67.3. The van der Waals surface area contributed by atoms with Gasteiger partial charge >= 0.3 is 30.6 Å². The fraction of sp³-hybridized carbons (Fsp3) is 0.471. The minimum absolute atomic E-state index is 0.0684. The summed E-state index contributed by atoms with van der Waals surface area (Å²) in [5.74, 6) is -4.10. The van der Waals surface area contributed by atoms with Crippen LogP contribution in [0.15, 0.2) is 76.7 Å². The van der Waals surface area contributed by atoms with Crippen molar-refractivity contribution in [3.05, 3.63) is 99.3 Å². The Morgan fingerprint density at radius 3 is 1.40 bits per heavy atom. The van der Waals surface area contributed by atoms with Crippen LogP contribution in [0.3, 0.4) is 0 Å². The highest BCUT2D eigenvalue weighted by Gasteiger charge is 2.44. The van der Waals surface area contributed by atoms with Gasteiger partial charge in [0.2, 0.25) is 26.0 Å². The number of alkyl halides is 6. The molecular formula is C51H60F6N8O13S4. The topological polar surface area (TPSA) is 257 Å². The van der Waals surface area contributed by atoms with E-state index in [1.165, 1.54) is 0 Å². The van der Waals surface area contributed by atoms with Gasteiger partial charge in [-0.2, -0.15) is 8.61 Å². The quantitative estimate of drug-likeness (QED) is 0.0738. The number of aliphatic carboxylic acids is 1. The predicted octanol–water partition coefficient (Wildman–Crippen LogP) is 8.29. The van der Waals surface area contributed by atoms with Gasteiger partial charge in [0.1, 0.15) is 44.5 Å². The SMILES string of the molecule is Cc1nc(N2CCN(S(=O)(=O)c3ccc(OC(F)(F)F)cc3)[C@@H](C(=O)NCc3ccc(C(C)C)nc3)C2)sc1C(=O)OC(C)(C)C.Cc1nc(N2CCN(S(=O)(=O)c3ccc(OC(F)(F)F)cc3)[C@@H](C(=O)O)C2)sc1C(=O)OC(C)(C)C. The Kier molecular flexibility index (Phi) is 19.7. The number of carboxylic acids is 1. The van der Waals surface area contributed by atoms with Crippen LogP contribution in [0.2, 0.25) is 0 Å². The number of anilines is 2. The lowest BCUT2D eigenvalue weighted by atomic mass is 10.1. The van der Waals surface area contributed by atoms with Gasteiger partial charge in [-0.15, -0.1) is 26.3 Å². The summed E-state index contributed by atoms with van der Waals surface area (Å²) in [6.07, 6.45) is -8.25. The van der Waals surface area contributed by atoms with Crippen molar-refractivity contribution < 1.29 is 86.4 Å². The van der Waals surface area contributed by atoms with Crippen LogP contribution in [-0.2, 0) is 45.7 Å². The maximum atomic E-state index is 13.8.